The Kier molecular flexibility index (Phi) is 5.35. The second-order valence-electron chi connectivity index (χ2n) is 2.47. The van der Waals surface area contributed by atoms with Crippen LogP contribution in [-0.4, -0.2) is 6.26 Å². The summed E-state index contributed by atoms with van der Waals surface area (Å²) in [5, 5.41) is 0. The molecule has 72 valence electrons. The van der Waals surface area contributed by atoms with E-state index in [2.05, 4.69) is 37.4 Å². The van der Waals surface area contributed by atoms with Crippen LogP contribution in [0, 0.1) is 6.92 Å². The van der Waals surface area contributed by atoms with Crippen molar-refractivity contribution in [1.82, 2.24) is 0 Å². The first-order valence-corrected chi connectivity index (χ1v) is 10.2. The van der Waals surface area contributed by atoms with Crippen LogP contribution in [0.25, 0.3) is 0 Å². The summed E-state index contributed by atoms with van der Waals surface area (Å²) in [7, 11) is 5.16. The lowest BCUT2D eigenvalue weighted by Gasteiger charge is -1.98. The summed E-state index contributed by atoms with van der Waals surface area (Å²) in [6.07, 6.45) is 2.23. The second kappa shape index (κ2) is 6.03. The molecule has 5 heteroatoms. The predicted molar refractivity (Wildman–Crippen MR) is 72.2 cm³/mol. The number of rotatable bonds is 1. The normalized spacial score (nSPS) is 11.8. The van der Waals surface area contributed by atoms with E-state index in [4.69, 9.17) is 11.2 Å². The monoisotopic (exact) mass is 266 g/mol. The summed E-state index contributed by atoms with van der Waals surface area (Å²) in [6, 6.07) is 8.70. The van der Waals surface area contributed by atoms with Crippen LogP contribution in [0.3, 0.4) is 0 Å². The molecular weight excluding hydrogens is 256 g/mol. The molecule has 0 aromatic heterocycles. The number of benzene rings is 1. The van der Waals surface area contributed by atoms with Crippen molar-refractivity contribution in [2.24, 2.45) is 0 Å². The molecule has 0 amide bonds. The third-order valence-corrected chi connectivity index (χ3v) is 10.1. The van der Waals surface area contributed by atoms with Crippen molar-refractivity contribution < 1.29 is 0 Å². The molecule has 0 heterocycles. The summed E-state index contributed by atoms with van der Waals surface area (Å²) < 4.78 is 0. The Bertz CT molecular complexity index is 414. The van der Waals surface area contributed by atoms with Crippen LogP contribution in [0.2, 0.25) is 0 Å². The number of hydrogen-bond acceptors (Lipinski definition) is 1. The van der Waals surface area contributed by atoms with Gasteiger partial charge in [-0.15, -0.1) is 0 Å². The lowest BCUT2D eigenvalue weighted by Crippen LogP contribution is -1.85. The van der Waals surface area contributed by atoms with Crippen molar-refractivity contribution in [2.75, 3.05) is 6.26 Å². The molecule has 13 heavy (non-hydrogen) atoms. The van der Waals surface area contributed by atoms with Crippen molar-refractivity contribution in [3.63, 3.8) is 0 Å². The fraction of sp³-hybridized carbons (Fsp3) is 0.250. The first-order valence-electron chi connectivity index (χ1n) is 3.60. The van der Waals surface area contributed by atoms with Gasteiger partial charge in [-0.2, -0.15) is 0 Å². The molecule has 0 radical (unpaired) electrons. The van der Waals surface area contributed by atoms with E-state index in [1.165, 1.54) is 19.3 Å². The average Bonchev–Trinajstić information content (AvgIpc) is 2.15. The maximum Gasteiger partial charge on any atom is 0.0115 e. The summed E-state index contributed by atoms with van der Waals surface area (Å²) in [5.41, 5.74) is 1.32. The lowest BCUT2D eigenvalue weighted by atomic mass is 10.2. The van der Waals surface area contributed by atoms with E-state index in [9.17, 15) is 0 Å². The van der Waals surface area contributed by atoms with Crippen LogP contribution in [-0.2, 0) is 47.3 Å². The molecule has 1 rings (SSSR count). The van der Waals surface area contributed by atoms with Gasteiger partial charge in [0, 0.05) is 4.90 Å². The van der Waals surface area contributed by atoms with Crippen LogP contribution in [0.5, 0.6) is 0 Å². The SMILES string of the molecule is Cc1ccc(S(C)=S=S=S=S)cc1. The smallest absolute Gasteiger partial charge is 0.0115 e. The zero-order chi connectivity index (χ0) is 9.68. The van der Waals surface area contributed by atoms with Crippen LogP contribution in [0.4, 0.5) is 0 Å². The molecular formula is C8H10S5. The van der Waals surface area contributed by atoms with Gasteiger partial charge in [-0.25, -0.2) is 0 Å². The summed E-state index contributed by atoms with van der Waals surface area (Å²) in [6.45, 7) is 2.11. The highest BCUT2D eigenvalue weighted by atomic mass is 33.3. The van der Waals surface area contributed by atoms with Crippen LogP contribution >= 0.6 is 0 Å². The Morgan fingerprint density at radius 2 is 1.85 bits per heavy atom. The molecule has 0 N–H and O–H groups in total. The molecule has 1 unspecified atom stereocenters. The van der Waals surface area contributed by atoms with Crippen molar-refractivity contribution >= 4 is 47.3 Å². The second-order valence-corrected chi connectivity index (χ2v) is 10.7. The lowest BCUT2D eigenvalue weighted by molar-refractivity contribution is 1.38. The average molecular weight is 267 g/mol. The quantitative estimate of drug-likeness (QED) is 0.750. The van der Waals surface area contributed by atoms with E-state index < -0.39 is 0 Å². The van der Waals surface area contributed by atoms with Crippen molar-refractivity contribution in [3.05, 3.63) is 29.8 Å². The van der Waals surface area contributed by atoms with Gasteiger partial charge in [-0.1, -0.05) is 27.2 Å². The van der Waals surface area contributed by atoms with E-state index in [-0.39, 0.29) is 9.45 Å². The highest BCUT2D eigenvalue weighted by Gasteiger charge is 1.91. The van der Waals surface area contributed by atoms with Gasteiger partial charge >= 0.3 is 0 Å². The molecule has 0 spiro atoms. The van der Waals surface area contributed by atoms with E-state index in [0.29, 0.717) is 0 Å². The van der Waals surface area contributed by atoms with Crippen molar-refractivity contribution in [1.29, 1.82) is 0 Å². The highest BCUT2D eigenvalue weighted by Crippen LogP contribution is 2.06. The third-order valence-electron chi connectivity index (χ3n) is 1.51. The van der Waals surface area contributed by atoms with Gasteiger partial charge in [0.2, 0.25) is 0 Å². The van der Waals surface area contributed by atoms with E-state index in [0.717, 1.165) is 0 Å². The standard InChI is InChI=1S/C8H10S5/c1-7-3-5-8(6-4-7)13(2)12-11-10-9/h3-6H,1-2H3. The molecule has 0 saturated heterocycles. The molecule has 0 fully saturated rings. The van der Waals surface area contributed by atoms with Crippen molar-refractivity contribution in [2.45, 2.75) is 11.8 Å². The summed E-state index contributed by atoms with van der Waals surface area (Å²) >= 11 is 4.80. The predicted octanol–water partition coefficient (Wildman–Crippen LogP) is 2.06. The fourth-order valence-corrected chi connectivity index (χ4v) is 8.77. The van der Waals surface area contributed by atoms with Gasteiger partial charge in [-0.05, 0) is 63.1 Å². The first-order chi connectivity index (χ1) is 6.24. The van der Waals surface area contributed by atoms with Crippen LogP contribution < -0.4 is 0 Å². The maximum absolute atomic E-state index is 4.80. The molecule has 0 aliphatic heterocycles. The Labute approximate surface area is 94.6 Å². The molecule has 1 atom stereocenters. The minimum absolute atomic E-state index is 0.251. The fourth-order valence-electron chi connectivity index (χ4n) is 0.822. The number of aryl methyl sites for hydroxylation is 1. The van der Waals surface area contributed by atoms with Gasteiger partial charge in [0.25, 0.3) is 0 Å². The van der Waals surface area contributed by atoms with E-state index >= 15 is 0 Å². The Balaban J connectivity index is 3.17. The summed E-state index contributed by atoms with van der Waals surface area (Å²) in [4.78, 5) is 1.40. The minimum Gasteiger partial charge on any atom is -0.0930 e. The van der Waals surface area contributed by atoms with Crippen molar-refractivity contribution in [3.8, 4) is 0 Å². The topological polar surface area (TPSA) is 0 Å². The highest BCUT2D eigenvalue weighted by molar-refractivity contribution is 8.63. The number of hydrogen-bond donors (Lipinski definition) is 0. The molecule has 0 bridgehead atoms. The van der Waals surface area contributed by atoms with E-state index in [1.807, 2.05) is 8.88 Å². The van der Waals surface area contributed by atoms with E-state index in [1.54, 1.807) is 8.88 Å². The molecule has 0 aliphatic carbocycles. The Hall–Kier alpha value is 0.450. The molecule has 0 aliphatic rings. The first kappa shape index (κ1) is 11.5. The van der Waals surface area contributed by atoms with Gasteiger partial charge in [0.15, 0.2) is 0 Å². The maximum atomic E-state index is 4.80. The zero-order valence-electron chi connectivity index (χ0n) is 7.35. The third kappa shape index (κ3) is 3.99. The molecule has 1 aromatic carbocycles. The zero-order valence-corrected chi connectivity index (χ0v) is 11.4. The van der Waals surface area contributed by atoms with Crippen LogP contribution in [0.1, 0.15) is 5.56 Å². The van der Waals surface area contributed by atoms with Gasteiger partial charge < -0.3 is 0 Å². The van der Waals surface area contributed by atoms with Gasteiger partial charge in [0.1, 0.15) is 0 Å². The molecule has 1 aromatic rings. The van der Waals surface area contributed by atoms with Gasteiger partial charge in [-0.3, -0.25) is 0 Å². The summed E-state index contributed by atoms with van der Waals surface area (Å²) in [5.74, 6) is 0. The molecule has 0 nitrogen and oxygen atoms in total. The molecule has 0 saturated carbocycles. The largest absolute Gasteiger partial charge is 0.0930 e. The Morgan fingerprint density at radius 1 is 1.23 bits per heavy atom. The van der Waals surface area contributed by atoms with Crippen LogP contribution in [0.15, 0.2) is 29.2 Å². The van der Waals surface area contributed by atoms with Gasteiger partial charge in [0.05, 0.1) is 0 Å². The minimum atomic E-state index is 0.251. The Morgan fingerprint density at radius 3 is 2.38 bits per heavy atom.